The van der Waals surface area contributed by atoms with Crippen LogP contribution in [0, 0.1) is 17.8 Å². The van der Waals surface area contributed by atoms with Crippen molar-refractivity contribution in [2.75, 3.05) is 6.54 Å². The molecule has 104 valence electrons. The maximum absolute atomic E-state index is 12.8. The average molecular weight is 267 g/mol. The molecule has 3 atom stereocenters. The first-order valence-electron chi connectivity index (χ1n) is 7.85. The van der Waals surface area contributed by atoms with Gasteiger partial charge in [0.15, 0.2) is 0 Å². The normalized spacial score (nSPS) is 31.2. The lowest BCUT2D eigenvalue weighted by Crippen LogP contribution is -2.37. The monoisotopic (exact) mass is 267 g/mol. The van der Waals surface area contributed by atoms with E-state index in [1.54, 1.807) is 0 Å². The Balaban J connectivity index is 1.54. The fourth-order valence-corrected chi connectivity index (χ4v) is 4.19. The lowest BCUT2D eigenvalue weighted by Gasteiger charge is -2.27. The topological polar surface area (TPSA) is 20.3 Å². The first-order chi connectivity index (χ1) is 9.81. The van der Waals surface area contributed by atoms with E-state index in [0.29, 0.717) is 17.7 Å². The number of hydrogen-bond acceptors (Lipinski definition) is 1. The number of amides is 1. The Bertz CT molecular complexity index is 562. The van der Waals surface area contributed by atoms with Crippen molar-refractivity contribution in [1.29, 1.82) is 0 Å². The average Bonchev–Trinajstić information content (AvgIpc) is 3.03. The van der Waals surface area contributed by atoms with E-state index in [-0.39, 0.29) is 5.92 Å². The molecule has 0 unspecified atom stereocenters. The predicted molar refractivity (Wildman–Crippen MR) is 79.0 cm³/mol. The van der Waals surface area contributed by atoms with Gasteiger partial charge in [-0.3, -0.25) is 4.79 Å². The molecule has 1 aliphatic heterocycles. The molecule has 1 saturated carbocycles. The molecule has 1 fully saturated rings. The van der Waals surface area contributed by atoms with E-state index in [2.05, 4.69) is 41.3 Å². The maximum Gasteiger partial charge on any atom is 0.226 e. The highest BCUT2D eigenvalue weighted by Gasteiger charge is 2.41. The van der Waals surface area contributed by atoms with Crippen LogP contribution in [-0.2, 0) is 17.8 Å². The molecule has 2 aliphatic carbocycles. The van der Waals surface area contributed by atoms with E-state index in [0.717, 1.165) is 32.4 Å². The number of rotatable bonds is 1. The Morgan fingerprint density at radius 3 is 2.70 bits per heavy atom. The molecular formula is C18H21NO. The van der Waals surface area contributed by atoms with Gasteiger partial charge in [-0.15, -0.1) is 0 Å². The smallest absolute Gasteiger partial charge is 0.226 e. The van der Waals surface area contributed by atoms with E-state index >= 15 is 0 Å². The number of fused-ring (bicyclic) bond motifs is 3. The van der Waals surface area contributed by atoms with E-state index in [9.17, 15) is 4.79 Å². The fraction of sp³-hybridized carbons (Fsp3) is 0.500. The van der Waals surface area contributed by atoms with Gasteiger partial charge < -0.3 is 4.90 Å². The lowest BCUT2D eigenvalue weighted by atomic mass is 9.92. The molecule has 1 heterocycles. The SMILES string of the molecule is O=C([C@H]1C[C@@H]2C=C[C@H]1C2)N1CCCc2ccccc2C1. The Hall–Kier alpha value is -1.57. The molecule has 0 aromatic heterocycles. The van der Waals surface area contributed by atoms with Crippen LogP contribution >= 0.6 is 0 Å². The molecule has 2 heteroatoms. The first-order valence-corrected chi connectivity index (χ1v) is 7.85. The summed E-state index contributed by atoms with van der Waals surface area (Å²) in [5, 5.41) is 0. The summed E-state index contributed by atoms with van der Waals surface area (Å²) >= 11 is 0. The zero-order chi connectivity index (χ0) is 13.5. The quantitative estimate of drug-likeness (QED) is 0.716. The first kappa shape index (κ1) is 12.2. The lowest BCUT2D eigenvalue weighted by molar-refractivity contribution is -0.137. The van der Waals surface area contributed by atoms with Gasteiger partial charge in [0.25, 0.3) is 0 Å². The van der Waals surface area contributed by atoms with E-state index in [1.807, 2.05) is 0 Å². The highest BCUT2D eigenvalue weighted by atomic mass is 16.2. The maximum atomic E-state index is 12.8. The number of aryl methyl sites for hydroxylation is 1. The predicted octanol–water partition coefficient (Wildman–Crippen LogP) is 3.17. The van der Waals surface area contributed by atoms with Crippen molar-refractivity contribution in [2.45, 2.75) is 32.2 Å². The van der Waals surface area contributed by atoms with Gasteiger partial charge >= 0.3 is 0 Å². The number of hydrogen-bond donors (Lipinski definition) is 0. The molecule has 2 bridgehead atoms. The molecular weight excluding hydrogens is 246 g/mol. The second kappa shape index (κ2) is 4.76. The zero-order valence-corrected chi connectivity index (χ0v) is 11.8. The fourth-order valence-electron chi connectivity index (χ4n) is 4.19. The highest BCUT2D eigenvalue weighted by molar-refractivity contribution is 5.80. The van der Waals surface area contributed by atoms with Gasteiger partial charge in [-0.25, -0.2) is 0 Å². The minimum absolute atomic E-state index is 0.260. The summed E-state index contributed by atoms with van der Waals surface area (Å²) in [6, 6.07) is 8.59. The van der Waals surface area contributed by atoms with Gasteiger partial charge in [0.2, 0.25) is 5.91 Å². The molecule has 0 N–H and O–H groups in total. The third-order valence-corrected chi connectivity index (χ3v) is 5.26. The van der Waals surface area contributed by atoms with Crippen molar-refractivity contribution in [3.05, 3.63) is 47.5 Å². The van der Waals surface area contributed by atoms with Gasteiger partial charge in [0, 0.05) is 19.0 Å². The number of carbonyl (C=O) groups is 1. The van der Waals surface area contributed by atoms with Gasteiger partial charge in [0.05, 0.1) is 0 Å². The van der Waals surface area contributed by atoms with Crippen LogP contribution in [0.25, 0.3) is 0 Å². The van der Waals surface area contributed by atoms with Crippen LogP contribution in [0.2, 0.25) is 0 Å². The molecule has 4 rings (SSSR count). The second-order valence-corrected chi connectivity index (χ2v) is 6.52. The van der Waals surface area contributed by atoms with Crippen LogP contribution in [-0.4, -0.2) is 17.4 Å². The van der Waals surface area contributed by atoms with Crippen LogP contribution < -0.4 is 0 Å². The van der Waals surface area contributed by atoms with Gasteiger partial charge in [-0.05, 0) is 48.6 Å². The van der Waals surface area contributed by atoms with E-state index in [1.165, 1.54) is 17.5 Å². The summed E-state index contributed by atoms with van der Waals surface area (Å²) < 4.78 is 0. The standard InChI is InChI=1S/C18H21NO/c20-18(17-11-13-7-8-15(17)10-13)19-9-3-6-14-4-1-2-5-16(14)12-19/h1-2,4-5,7-8,13,15,17H,3,6,9-12H2/t13-,15+,17+/m1/s1. The molecule has 20 heavy (non-hydrogen) atoms. The van der Waals surface area contributed by atoms with E-state index < -0.39 is 0 Å². The summed E-state index contributed by atoms with van der Waals surface area (Å²) in [6.07, 6.45) is 9.09. The van der Waals surface area contributed by atoms with Crippen LogP contribution in [0.4, 0.5) is 0 Å². The summed E-state index contributed by atoms with van der Waals surface area (Å²) in [5.74, 6) is 1.85. The van der Waals surface area contributed by atoms with Crippen LogP contribution in [0.3, 0.4) is 0 Å². The molecule has 2 nitrogen and oxygen atoms in total. The highest BCUT2D eigenvalue weighted by Crippen LogP contribution is 2.44. The summed E-state index contributed by atoms with van der Waals surface area (Å²) in [4.78, 5) is 15.0. The second-order valence-electron chi connectivity index (χ2n) is 6.52. The molecule has 0 spiro atoms. The minimum atomic E-state index is 0.260. The Labute approximate surface area is 120 Å². The molecule has 1 amide bonds. The van der Waals surface area contributed by atoms with Crippen molar-refractivity contribution in [1.82, 2.24) is 4.90 Å². The summed E-state index contributed by atoms with van der Waals surface area (Å²) in [5.41, 5.74) is 2.77. The third-order valence-electron chi connectivity index (χ3n) is 5.26. The van der Waals surface area contributed by atoms with Gasteiger partial charge in [0.1, 0.15) is 0 Å². The number of allylic oxidation sites excluding steroid dienone is 2. The van der Waals surface area contributed by atoms with Crippen LogP contribution in [0.5, 0.6) is 0 Å². The van der Waals surface area contributed by atoms with Crippen molar-refractivity contribution >= 4 is 5.91 Å². The number of benzene rings is 1. The number of nitrogens with zero attached hydrogens (tertiary/aromatic N) is 1. The Morgan fingerprint density at radius 2 is 1.95 bits per heavy atom. The van der Waals surface area contributed by atoms with Gasteiger partial charge in [-0.1, -0.05) is 36.4 Å². The Kier molecular flexibility index (Phi) is 2.90. The number of carbonyl (C=O) groups excluding carboxylic acids is 1. The van der Waals surface area contributed by atoms with Crippen molar-refractivity contribution in [3.63, 3.8) is 0 Å². The van der Waals surface area contributed by atoms with Crippen molar-refractivity contribution in [3.8, 4) is 0 Å². The molecule has 0 saturated heterocycles. The van der Waals surface area contributed by atoms with Crippen LogP contribution in [0.1, 0.15) is 30.4 Å². The third kappa shape index (κ3) is 1.98. The summed E-state index contributed by atoms with van der Waals surface area (Å²) in [6.45, 7) is 1.73. The summed E-state index contributed by atoms with van der Waals surface area (Å²) in [7, 11) is 0. The molecule has 0 radical (unpaired) electrons. The Morgan fingerprint density at radius 1 is 1.10 bits per heavy atom. The van der Waals surface area contributed by atoms with Crippen molar-refractivity contribution in [2.24, 2.45) is 17.8 Å². The minimum Gasteiger partial charge on any atom is -0.338 e. The van der Waals surface area contributed by atoms with Gasteiger partial charge in [-0.2, -0.15) is 0 Å². The van der Waals surface area contributed by atoms with Crippen LogP contribution in [0.15, 0.2) is 36.4 Å². The largest absolute Gasteiger partial charge is 0.338 e. The van der Waals surface area contributed by atoms with E-state index in [4.69, 9.17) is 0 Å². The van der Waals surface area contributed by atoms with Crippen molar-refractivity contribution < 1.29 is 4.79 Å². The zero-order valence-electron chi connectivity index (χ0n) is 11.8. The molecule has 3 aliphatic rings. The molecule has 1 aromatic rings. The molecule has 1 aromatic carbocycles.